The molecule has 0 aliphatic rings. The Hall–Kier alpha value is -2.15. The van der Waals surface area contributed by atoms with Crippen LogP contribution in [0.25, 0.3) is 0 Å². The summed E-state index contributed by atoms with van der Waals surface area (Å²) in [7, 11) is 1.20. The zero-order valence-electron chi connectivity index (χ0n) is 9.95. The molecule has 1 unspecified atom stereocenters. The number of hydrogen-bond donors (Lipinski definition) is 1. The van der Waals surface area contributed by atoms with E-state index in [0.717, 1.165) is 0 Å². The number of methoxy groups -OCH3 is 1. The Morgan fingerprint density at radius 1 is 1.56 bits per heavy atom. The number of nitro benzene ring substituents is 1. The predicted octanol–water partition coefficient (Wildman–Crippen LogP) is 1.03. The highest BCUT2D eigenvalue weighted by Gasteiger charge is 2.21. The quantitative estimate of drug-likeness (QED) is 0.479. The van der Waals surface area contributed by atoms with Crippen LogP contribution in [0.3, 0.4) is 0 Å². The molecular formula is C11H13NO6. The molecule has 1 rings (SSSR count). The van der Waals surface area contributed by atoms with Crippen LogP contribution in [0.15, 0.2) is 18.2 Å². The van der Waals surface area contributed by atoms with Crippen LogP contribution in [0.2, 0.25) is 0 Å². The molecule has 0 aliphatic heterocycles. The first-order valence-corrected chi connectivity index (χ1v) is 5.12. The third-order valence-corrected chi connectivity index (χ3v) is 2.24. The molecule has 0 fully saturated rings. The number of rotatable bonds is 5. The summed E-state index contributed by atoms with van der Waals surface area (Å²) >= 11 is 0. The van der Waals surface area contributed by atoms with Crippen molar-refractivity contribution >= 4 is 11.7 Å². The number of aliphatic hydroxyl groups excluding tert-OH is 1. The first kappa shape index (κ1) is 13.9. The molecule has 0 saturated heterocycles. The van der Waals surface area contributed by atoms with Gasteiger partial charge in [0.15, 0.2) is 11.9 Å². The van der Waals surface area contributed by atoms with Gasteiger partial charge in [0.25, 0.3) is 0 Å². The van der Waals surface area contributed by atoms with Gasteiger partial charge in [0.2, 0.25) is 0 Å². The van der Waals surface area contributed by atoms with E-state index in [1.165, 1.54) is 32.2 Å². The Bertz CT molecular complexity index is 459. The van der Waals surface area contributed by atoms with Gasteiger partial charge in [0, 0.05) is 6.07 Å². The SMILES string of the molecule is COC(=O)C(C)Oc1ccc(CO)cc1[N+](=O)[O-]. The summed E-state index contributed by atoms with van der Waals surface area (Å²) < 4.78 is 9.62. The third kappa shape index (κ3) is 3.17. The van der Waals surface area contributed by atoms with Crippen molar-refractivity contribution in [1.82, 2.24) is 0 Å². The van der Waals surface area contributed by atoms with Gasteiger partial charge in [0.1, 0.15) is 0 Å². The Morgan fingerprint density at radius 2 is 2.22 bits per heavy atom. The molecule has 0 bridgehead atoms. The number of esters is 1. The number of benzene rings is 1. The summed E-state index contributed by atoms with van der Waals surface area (Å²) in [6, 6.07) is 4.01. The number of nitrogens with zero attached hydrogens (tertiary/aromatic N) is 1. The first-order valence-electron chi connectivity index (χ1n) is 5.12. The van der Waals surface area contributed by atoms with Gasteiger partial charge in [0.05, 0.1) is 18.6 Å². The molecule has 18 heavy (non-hydrogen) atoms. The minimum atomic E-state index is -0.950. The maximum atomic E-state index is 11.2. The summed E-state index contributed by atoms with van der Waals surface area (Å²) in [5.74, 6) is -0.675. The number of ether oxygens (including phenoxy) is 2. The lowest BCUT2D eigenvalue weighted by atomic mass is 10.2. The van der Waals surface area contributed by atoms with Gasteiger partial charge in [-0.3, -0.25) is 10.1 Å². The summed E-state index contributed by atoms with van der Waals surface area (Å²) in [6.45, 7) is 1.11. The fourth-order valence-electron chi connectivity index (χ4n) is 1.31. The van der Waals surface area contributed by atoms with Crippen molar-refractivity contribution < 1.29 is 24.3 Å². The van der Waals surface area contributed by atoms with Crippen LogP contribution in [0.4, 0.5) is 5.69 Å². The standard InChI is InChI=1S/C11H13NO6/c1-7(11(14)17-2)18-10-4-3-8(6-13)5-9(10)12(15)16/h3-5,7,13H,6H2,1-2H3. The number of carbonyl (C=O) groups is 1. The molecule has 98 valence electrons. The van der Waals surface area contributed by atoms with E-state index in [1.807, 2.05) is 0 Å². The highest BCUT2D eigenvalue weighted by Crippen LogP contribution is 2.29. The van der Waals surface area contributed by atoms with E-state index in [4.69, 9.17) is 9.84 Å². The maximum absolute atomic E-state index is 11.2. The topological polar surface area (TPSA) is 98.9 Å². The zero-order valence-corrected chi connectivity index (χ0v) is 9.95. The van der Waals surface area contributed by atoms with Crippen molar-refractivity contribution in [2.24, 2.45) is 0 Å². The first-order chi connectivity index (χ1) is 8.49. The zero-order chi connectivity index (χ0) is 13.7. The van der Waals surface area contributed by atoms with Gasteiger partial charge in [-0.15, -0.1) is 0 Å². The van der Waals surface area contributed by atoms with Crippen LogP contribution in [-0.4, -0.2) is 29.2 Å². The van der Waals surface area contributed by atoms with E-state index < -0.39 is 17.0 Å². The number of aliphatic hydroxyl groups is 1. The van der Waals surface area contributed by atoms with Gasteiger partial charge in [-0.2, -0.15) is 0 Å². The van der Waals surface area contributed by atoms with Gasteiger partial charge in [-0.25, -0.2) is 4.79 Å². The van der Waals surface area contributed by atoms with Crippen molar-refractivity contribution in [2.75, 3.05) is 7.11 Å². The Labute approximate surface area is 103 Å². The van der Waals surface area contributed by atoms with Crippen molar-refractivity contribution in [3.63, 3.8) is 0 Å². The van der Waals surface area contributed by atoms with Crippen LogP contribution in [0.5, 0.6) is 5.75 Å². The van der Waals surface area contributed by atoms with Crippen LogP contribution >= 0.6 is 0 Å². The lowest BCUT2D eigenvalue weighted by Gasteiger charge is -2.12. The Morgan fingerprint density at radius 3 is 2.72 bits per heavy atom. The number of carbonyl (C=O) groups excluding carboxylic acids is 1. The van der Waals surface area contributed by atoms with Crippen LogP contribution in [-0.2, 0) is 16.1 Å². The van der Waals surface area contributed by atoms with E-state index >= 15 is 0 Å². The monoisotopic (exact) mass is 255 g/mol. The second-order valence-corrected chi connectivity index (χ2v) is 3.50. The second-order valence-electron chi connectivity index (χ2n) is 3.50. The Kier molecular flexibility index (Phi) is 4.61. The molecule has 1 aromatic rings. The molecule has 0 amide bonds. The molecule has 0 spiro atoms. The Balaban J connectivity index is 3.01. The average molecular weight is 255 g/mol. The molecule has 0 aliphatic carbocycles. The molecule has 0 radical (unpaired) electrons. The van der Waals surface area contributed by atoms with E-state index in [2.05, 4.69) is 4.74 Å². The van der Waals surface area contributed by atoms with Crippen molar-refractivity contribution in [2.45, 2.75) is 19.6 Å². The van der Waals surface area contributed by atoms with Gasteiger partial charge < -0.3 is 14.6 Å². The molecule has 7 nitrogen and oxygen atoms in total. The van der Waals surface area contributed by atoms with E-state index in [1.54, 1.807) is 0 Å². The lowest BCUT2D eigenvalue weighted by molar-refractivity contribution is -0.386. The number of hydrogen-bond acceptors (Lipinski definition) is 6. The lowest BCUT2D eigenvalue weighted by Crippen LogP contribution is -2.25. The van der Waals surface area contributed by atoms with Gasteiger partial charge in [-0.1, -0.05) is 6.07 Å². The predicted molar refractivity (Wildman–Crippen MR) is 61.1 cm³/mol. The van der Waals surface area contributed by atoms with Gasteiger partial charge >= 0.3 is 11.7 Å². The van der Waals surface area contributed by atoms with Crippen molar-refractivity contribution in [3.05, 3.63) is 33.9 Å². The molecule has 0 saturated carbocycles. The normalized spacial score (nSPS) is 11.7. The summed E-state index contributed by atoms with van der Waals surface area (Å²) in [5, 5.41) is 19.7. The molecule has 1 atom stereocenters. The minimum Gasteiger partial charge on any atom is -0.472 e. The summed E-state index contributed by atoms with van der Waals surface area (Å²) in [6.07, 6.45) is -0.950. The molecular weight excluding hydrogens is 242 g/mol. The van der Waals surface area contributed by atoms with Gasteiger partial charge in [-0.05, 0) is 18.6 Å². The molecule has 1 N–H and O–H groups in total. The van der Waals surface area contributed by atoms with Crippen LogP contribution in [0.1, 0.15) is 12.5 Å². The van der Waals surface area contributed by atoms with Crippen molar-refractivity contribution in [1.29, 1.82) is 0 Å². The highest BCUT2D eigenvalue weighted by molar-refractivity contribution is 5.74. The maximum Gasteiger partial charge on any atom is 0.346 e. The summed E-state index contributed by atoms with van der Waals surface area (Å²) in [4.78, 5) is 21.4. The second kappa shape index (κ2) is 5.97. The fraction of sp³-hybridized carbons (Fsp3) is 0.364. The minimum absolute atomic E-state index is 0.0462. The third-order valence-electron chi connectivity index (χ3n) is 2.24. The van der Waals surface area contributed by atoms with Crippen LogP contribution in [0, 0.1) is 10.1 Å². The van der Waals surface area contributed by atoms with Crippen molar-refractivity contribution in [3.8, 4) is 5.75 Å². The molecule has 1 aromatic carbocycles. The number of nitro groups is 1. The molecule has 0 heterocycles. The largest absolute Gasteiger partial charge is 0.472 e. The molecule has 0 aromatic heterocycles. The van der Waals surface area contributed by atoms with E-state index in [9.17, 15) is 14.9 Å². The summed E-state index contributed by atoms with van der Waals surface area (Å²) in [5.41, 5.74) is 0.0806. The van der Waals surface area contributed by atoms with Crippen LogP contribution < -0.4 is 4.74 Å². The fourth-order valence-corrected chi connectivity index (χ4v) is 1.31. The average Bonchev–Trinajstić information content (AvgIpc) is 2.37. The highest BCUT2D eigenvalue weighted by atomic mass is 16.6. The van der Waals surface area contributed by atoms with E-state index in [-0.39, 0.29) is 18.0 Å². The van der Waals surface area contributed by atoms with E-state index in [0.29, 0.717) is 5.56 Å². The molecule has 7 heteroatoms. The smallest absolute Gasteiger partial charge is 0.346 e.